The minimum atomic E-state index is -0.271. The smallest absolute Gasteiger partial charge is 0.244 e. The molecule has 1 atom stereocenters. The Balaban J connectivity index is 1.80. The third-order valence-corrected chi connectivity index (χ3v) is 4.07. The van der Waals surface area contributed by atoms with Gasteiger partial charge in [0.05, 0.1) is 6.04 Å². The predicted molar refractivity (Wildman–Crippen MR) is 72.7 cm³/mol. The van der Waals surface area contributed by atoms with Crippen molar-refractivity contribution in [1.82, 2.24) is 5.32 Å². The van der Waals surface area contributed by atoms with Crippen molar-refractivity contribution < 1.29 is 9.18 Å². The van der Waals surface area contributed by atoms with Crippen molar-refractivity contribution in [3.8, 4) is 0 Å². The largest absolute Gasteiger partial charge is 0.310 e. The Kier molecular flexibility index (Phi) is 3.51. The van der Waals surface area contributed by atoms with Crippen molar-refractivity contribution >= 4 is 11.6 Å². The molecule has 1 aromatic rings. The normalized spacial score (nSPS) is 23.0. The summed E-state index contributed by atoms with van der Waals surface area (Å²) < 4.78 is 13.4. The van der Waals surface area contributed by atoms with Gasteiger partial charge in [-0.15, -0.1) is 0 Å². The third-order valence-electron chi connectivity index (χ3n) is 4.07. The van der Waals surface area contributed by atoms with E-state index in [-0.39, 0.29) is 17.8 Å². The van der Waals surface area contributed by atoms with E-state index in [1.807, 2.05) is 0 Å². The summed E-state index contributed by atoms with van der Waals surface area (Å²) in [6, 6.07) is 4.64. The molecule has 2 aliphatic heterocycles. The van der Waals surface area contributed by atoms with Gasteiger partial charge >= 0.3 is 0 Å². The first-order valence-electron chi connectivity index (χ1n) is 7.09. The molecule has 3 rings (SSSR count). The van der Waals surface area contributed by atoms with Crippen LogP contribution < -0.4 is 10.2 Å². The van der Waals surface area contributed by atoms with Gasteiger partial charge in [-0.2, -0.15) is 0 Å². The maximum absolute atomic E-state index is 13.4. The van der Waals surface area contributed by atoms with Gasteiger partial charge in [0.2, 0.25) is 5.91 Å². The summed E-state index contributed by atoms with van der Waals surface area (Å²) in [5.74, 6) is -0.168. The molecule has 102 valence electrons. The number of benzene rings is 1. The van der Waals surface area contributed by atoms with Crippen LogP contribution in [0.15, 0.2) is 18.2 Å². The van der Waals surface area contributed by atoms with Gasteiger partial charge in [0.15, 0.2) is 0 Å². The number of halogens is 1. The molecule has 1 N–H and O–H groups in total. The zero-order chi connectivity index (χ0) is 13.2. The van der Waals surface area contributed by atoms with Crippen LogP contribution in [0.4, 0.5) is 10.1 Å². The van der Waals surface area contributed by atoms with Crippen molar-refractivity contribution in [1.29, 1.82) is 0 Å². The molecule has 4 heteroatoms. The minimum Gasteiger partial charge on any atom is -0.310 e. The van der Waals surface area contributed by atoms with Crippen molar-refractivity contribution in [2.75, 3.05) is 18.0 Å². The lowest BCUT2D eigenvalue weighted by atomic mass is 10.1. The Morgan fingerprint density at radius 3 is 3.11 bits per heavy atom. The number of amides is 1. The van der Waals surface area contributed by atoms with Gasteiger partial charge in [-0.05, 0) is 43.5 Å². The van der Waals surface area contributed by atoms with Crippen molar-refractivity contribution in [2.45, 2.75) is 38.1 Å². The molecule has 1 aromatic carbocycles. The molecule has 2 heterocycles. The Morgan fingerprint density at radius 1 is 1.32 bits per heavy atom. The lowest BCUT2D eigenvalue weighted by Crippen LogP contribution is -2.45. The van der Waals surface area contributed by atoms with Crippen molar-refractivity contribution in [2.24, 2.45) is 0 Å². The highest BCUT2D eigenvalue weighted by Crippen LogP contribution is 2.29. The fourth-order valence-corrected chi connectivity index (χ4v) is 3.01. The molecule has 0 radical (unpaired) electrons. The zero-order valence-electron chi connectivity index (χ0n) is 11.0. The second kappa shape index (κ2) is 5.29. The van der Waals surface area contributed by atoms with E-state index in [9.17, 15) is 9.18 Å². The van der Waals surface area contributed by atoms with Crippen LogP contribution >= 0.6 is 0 Å². The molecule has 0 aliphatic carbocycles. The zero-order valence-corrected chi connectivity index (χ0v) is 11.0. The number of carbonyl (C=O) groups excluding carboxylic acids is 1. The fraction of sp³-hybridized carbons (Fsp3) is 0.533. The van der Waals surface area contributed by atoms with E-state index in [0.29, 0.717) is 6.54 Å². The number of rotatable bonds is 1. The predicted octanol–water partition coefficient (Wildman–Crippen LogP) is 2.25. The number of nitrogens with zero attached hydrogens (tertiary/aromatic N) is 1. The van der Waals surface area contributed by atoms with Crippen LogP contribution in [-0.4, -0.2) is 25.0 Å². The Labute approximate surface area is 112 Å². The number of carbonyl (C=O) groups is 1. The quantitative estimate of drug-likeness (QED) is 0.842. The standard InChI is InChI=1S/C15H19FN2O/c16-12-6-5-11-7-9-18(14(11)10-12)15(19)13-4-2-1-3-8-17-13/h5-6,10,13,17H,1-4,7-9H2. The average molecular weight is 262 g/mol. The number of hydrogen-bond acceptors (Lipinski definition) is 2. The number of hydrogen-bond donors (Lipinski definition) is 1. The molecule has 2 aliphatic rings. The van der Waals surface area contributed by atoms with E-state index < -0.39 is 0 Å². The van der Waals surface area contributed by atoms with E-state index in [1.54, 1.807) is 11.0 Å². The summed E-state index contributed by atoms with van der Waals surface area (Å²) in [7, 11) is 0. The molecule has 1 saturated heterocycles. The van der Waals surface area contributed by atoms with Gasteiger partial charge in [0.25, 0.3) is 0 Å². The summed E-state index contributed by atoms with van der Waals surface area (Å²) in [5.41, 5.74) is 1.83. The summed E-state index contributed by atoms with van der Waals surface area (Å²) in [6.07, 6.45) is 5.12. The monoisotopic (exact) mass is 262 g/mol. The van der Waals surface area contributed by atoms with Crippen molar-refractivity contribution in [3.05, 3.63) is 29.6 Å². The van der Waals surface area contributed by atoms with Crippen LogP contribution in [0.3, 0.4) is 0 Å². The van der Waals surface area contributed by atoms with Gasteiger partial charge in [-0.25, -0.2) is 4.39 Å². The maximum Gasteiger partial charge on any atom is 0.244 e. The first-order valence-corrected chi connectivity index (χ1v) is 7.09. The number of anilines is 1. The van der Waals surface area contributed by atoms with E-state index in [2.05, 4.69) is 5.32 Å². The first kappa shape index (κ1) is 12.6. The minimum absolute atomic E-state index is 0.100. The second-order valence-electron chi connectivity index (χ2n) is 5.37. The van der Waals surface area contributed by atoms with Crippen LogP contribution in [0.1, 0.15) is 31.2 Å². The average Bonchev–Trinajstić information content (AvgIpc) is 2.64. The summed E-state index contributed by atoms with van der Waals surface area (Å²) in [6.45, 7) is 1.58. The van der Waals surface area contributed by atoms with Crippen LogP contribution in [0, 0.1) is 5.82 Å². The summed E-state index contributed by atoms with van der Waals surface area (Å²) in [4.78, 5) is 14.3. The van der Waals surface area contributed by atoms with Crippen LogP contribution in [0.25, 0.3) is 0 Å². The van der Waals surface area contributed by atoms with Gasteiger partial charge in [-0.1, -0.05) is 18.9 Å². The van der Waals surface area contributed by atoms with Crippen molar-refractivity contribution in [3.63, 3.8) is 0 Å². The molecule has 1 unspecified atom stereocenters. The van der Waals surface area contributed by atoms with E-state index in [4.69, 9.17) is 0 Å². The van der Waals surface area contributed by atoms with E-state index in [1.165, 1.54) is 18.6 Å². The van der Waals surface area contributed by atoms with Gasteiger partial charge in [0, 0.05) is 12.2 Å². The molecule has 1 amide bonds. The van der Waals surface area contributed by atoms with Gasteiger partial charge in [0.1, 0.15) is 5.82 Å². The molecule has 0 bridgehead atoms. The SMILES string of the molecule is O=C(C1CCCCCN1)N1CCc2ccc(F)cc21. The second-order valence-corrected chi connectivity index (χ2v) is 5.37. The van der Waals surface area contributed by atoms with Crippen LogP contribution in [-0.2, 0) is 11.2 Å². The van der Waals surface area contributed by atoms with Crippen LogP contribution in [0.5, 0.6) is 0 Å². The summed E-state index contributed by atoms with van der Waals surface area (Å²) >= 11 is 0. The molecule has 3 nitrogen and oxygen atoms in total. The Morgan fingerprint density at radius 2 is 2.21 bits per heavy atom. The fourth-order valence-electron chi connectivity index (χ4n) is 3.01. The highest BCUT2D eigenvalue weighted by atomic mass is 19.1. The van der Waals surface area contributed by atoms with E-state index in [0.717, 1.165) is 43.5 Å². The van der Waals surface area contributed by atoms with Gasteiger partial charge < -0.3 is 10.2 Å². The van der Waals surface area contributed by atoms with E-state index >= 15 is 0 Å². The molecule has 0 spiro atoms. The Bertz CT molecular complexity index is 481. The molecular formula is C15H19FN2O. The highest BCUT2D eigenvalue weighted by Gasteiger charge is 2.30. The lowest BCUT2D eigenvalue weighted by molar-refractivity contribution is -0.120. The third kappa shape index (κ3) is 2.50. The molecule has 0 saturated carbocycles. The molecular weight excluding hydrogens is 243 g/mol. The molecule has 1 fully saturated rings. The Hall–Kier alpha value is -1.42. The molecule has 19 heavy (non-hydrogen) atoms. The number of nitrogens with one attached hydrogen (secondary N) is 1. The number of fused-ring (bicyclic) bond motifs is 1. The topological polar surface area (TPSA) is 32.3 Å². The summed E-state index contributed by atoms with van der Waals surface area (Å²) in [5, 5.41) is 3.32. The highest BCUT2D eigenvalue weighted by molar-refractivity contribution is 5.99. The maximum atomic E-state index is 13.4. The van der Waals surface area contributed by atoms with Crippen LogP contribution in [0.2, 0.25) is 0 Å². The lowest BCUT2D eigenvalue weighted by Gasteiger charge is -2.23. The first-order chi connectivity index (χ1) is 9.25. The van der Waals surface area contributed by atoms with Gasteiger partial charge in [-0.3, -0.25) is 4.79 Å². The molecule has 0 aromatic heterocycles.